The predicted octanol–water partition coefficient (Wildman–Crippen LogP) is 4.82. The molecule has 100 valence electrons. The van der Waals surface area contributed by atoms with Crippen LogP contribution in [0.1, 0.15) is 49.3 Å². The van der Waals surface area contributed by atoms with Crippen LogP contribution in [0.25, 0.3) is 0 Å². The minimum atomic E-state index is 0.765. The molecule has 0 unspecified atom stereocenters. The van der Waals surface area contributed by atoms with Crippen molar-refractivity contribution >= 4 is 0 Å². The molecule has 0 bridgehead atoms. The van der Waals surface area contributed by atoms with E-state index in [1.54, 1.807) is 0 Å². The summed E-state index contributed by atoms with van der Waals surface area (Å²) < 4.78 is 6.10. The lowest BCUT2D eigenvalue weighted by molar-refractivity contribution is 0.186. The van der Waals surface area contributed by atoms with Crippen LogP contribution in [0, 0.1) is 32.6 Å². The summed E-state index contributed by atoms with van der Waals surface area (Å²) in [5.41, 5.74) is 3.87. The van der Waals surface area contributed by atoms with E-state index in [0.717, 1.165) is 24.2 Å². The molecule has 0 saturated heterocycles. The summed E-state index contributed by atoms with van der Waals surface area (Å²) in [6.45, 7) is 9.71. The van der Waals surface area contributed by atoms with Gasteiger partial charge in [0.1, 0.15) is 5.75 Å². The Kier molecular flexibility index (Phi) is 4.31. The number of hydrogen-bond donors (Lipinski definition) is 0. The van der Waals surface area contributed by atoms with Crippen molar-refractivity contribution in [3.63, 3.8) is 0 Å². The maximum atomic E-state index is 6.10. The molecule has 1 saturated carbocycles. The third kappa shape index (κ3) is 3.28. The van der Waals surface area contributed by atoms with Gasteiger partial charge in [0.05, 0.1) is 6.61 Å². The second-order valence-electron chi connectivity index (χ2n) is 6.16. The van der Waals surface area contributed by atoms with Crippen molar-refractivity contribution < 1.29 is 4.74 Å². The average Bonchev–Trinajstić information content (AvgIpc) is 2.30. The number of rotatable bonds is 3. The molecule has 0 heterocycles. The van der Waals surface area contributed by atoms with Crippen molar-refractivity contribution in [2.75, 3.05) is 6.61 Å². The van der Waals surface area contributed by atoms with Crippen LogP contribution >= 0.6 is 0 Å². The first-order valence-corrected chi connectivity index (χ1v) is 7.27. The van der Waals surface area contributed by atoms with Crippen molar-refractivity contribution in [2.24, 2.45) is 11.8 Å². The zero-order chi connectivity index (χ0) is 13.1. The van der Waals surface area contributed by atoms with Gasteiger partial charge in [0.2, 0.25) is 0 Å². The molecule has 1 aliphatic rings. The molecule has 1 aromatic rings. The fourth-order valence-electron chi connectivity index (χ4n) is 3.09. The summed E-state index contributed by atoms with van der Waals surface area (Å²) in [5.74, 6) is 2.80. The Bertz CT molecular complexity index is 377. The first-order valence-electron chi connectivity index (χ1n) is 7.27. The standard InChI is InChI=1S/C17H26O/c1-12-5-7-16(8-6-12)11-18-17-14(3)9-13(2)10-15(17)4/h9-10,12,16H,5-8,11H2,1-4H3. The van der Waals surface area contributed by atoms with E-state index in [1.807, 2.05) is 0 Å². The highest BCUT2D eigenvalue weighted by atomic mass is 16.5. The Morgan fingerprint density at radius 1 is 1.00 bits per heavy atom. The summed E-state index contributed by atoms with van der Waals surface area (Å²) in [7, 11) is 0. The van der Waals surface area contributed by atoms with Crippen molar-refractivity contribution in [2.45, 2.75) is 53.4 Å². The minimum absolute atomic E-state index is 0.765. The van der Waals surface area contributed by atoms with Gasteiger partial charge in [-0.1, -0.05) is 37.5 Å². The zero-order valence-electron chi connectivity index (χ0n) is 12.3. The largest absolute Gasteiger partial charge is 0.493 e. The predicted molar refractivity (Wildman–Crippen MR) is 77.3 cm³/mol. The summed E-state index contributed by atoms with van der Waals surface area (Å²) in [5, 5.41) is 0. The Labute approximate surface area is 112 Å². The molecule has 0 aromatic heterocycles. The second kappa shape index (κ2) is 5.77. The third-order valence-electron chi connectivity index (χ3n) is 4.20. The van der Waals surface area contributed by atoms with Crippen molar-refractivity contribution in [3.05, 3.63) is 28.8 Å². The van der Waals surface area contributed by atoms with Crippen molar-refractivity contribution in [3.8, 4) is 5.75 Å². The van der Waals surface area contributed by atoms with Gasteiger partial charge in [-0.25, -0.2) is 0 Å². The minimum Gasteiger partial charge on any atom is -0.493 e. The first-order chi connectivity index (χ1) is 8.56. The number of aryl methyl sites for hydroxylation is 3. The molecular formula is C17H26O. The van der Waals surface area contributed by atoms with Gasteiger partial charge in [0.15, 0.2) is 0 Å². The van der Waals surface area contributed by atoms with Crippen LogP contribution in [0.4, 0.5) is 0 Å². The molecule has 0 atom stereocenters. The van der Waals surface area contributed by atoms with E-state index in [9.17, 15) is 0 Å². The maximum Gasteiger partial charge on any atom is 0.125 e. The van der Waals surface area contributed by atoms with Gasteiger partial charge in [-0.2, -0.15) is 0 Å². The quantitative estimate of drug-likeness (QED) is 0.743. The molecule has 1 aliphatic carbocycles. The van der Waals surface area contributed by atoms with Crippen LogP contribution in [0.15, 0.2) is 12.1 Å². The summed E-state index contributed by atoms with van der Waals surface area (Å²) in [6.07, 6.45) is 5.43. The number of hydrogen-bond acceptors (Lipinski definition) is 1. The number of ether oxygens (including phenoxy) is 1. The molecule has 1 fully saturated rings. The lowest BCUT2D eigenvalue weighted by Crippen LogP contribution is -2.19. The van der Waals surface area contributed by atoms with E-state index in [1.165, 1.54) is 42.4 Å². The highest BCUT2D eigenvalue weighted by molar-refractivity contribution is 5.42. The molecule has 1 aromatic carbocycles. The maximum absolute atomic E-state index is 6.10. The Morgan fingerprint density at radius 2 is 1.56 bits per heavy atom. The summed E-state index contributed by atoms with van der Waals surface area (Å²) >= 11 is 0. The highest BCUT2D eigenvalue weighted by Crippen LogP contribution is 2.30. The Hall–Kier alpha value is -0.980. The van der Waals surface area contributed by atoms with Gasteiger partial charge >= 0.3 is 0 Å². The fraction of sp³-hybridized carbons (Fsp3) is 0.647. The van der Waals surface area contributed by atoms with Gasteiger partial charge in [0, 0.05) is 0 Å². The van der Waals surface area contributed by atoms with Crippen LogP contribution in [0.2, 0.25) is 0 Å². The van der Waals surface area contributed by atoms with E-state index in [4.69, 9.17) is 4.74 Å². The average molecular weight is 246 g/mol. The normalized spacial score (nSPS) is 24.0. The van der Waals surface area contributed by atoms with Crippen LogP contribution < -0.4 is 4.74 Å². The van der Waals surface area contributed by atoms with E-state index < -0.39 is 0 Å². The zero-order valence-corrected chi connectivity index (χ0v) is 12.3. The smallest absolute Gasteiger partial charge is 0.125 e. The van der Waals surface area contributed by atoms with Crippen LogP contribution in [-0.2, 0) is 0 Å². The van der Waals surface area contributed by atoms with Crippen LogP contribution in [-0.4, -0.2) is 6.61 Å². The lowest BCUT2D eigenvalue weighted by Gasteiger charge is -2.26. The fourth-order valence-corrected chi connectivity index (χ4v) is 3.09. The molecular weight excluding hydrogens is 220 g/mol. The van der Waals surface area contributed by atoms with Crippen molar-refractivity contribution in [1.82, 2.24) is 0 Å². The molecule has 0 amide bonds. The van der Waals surface area contributed by atoms with Gasteiger partial charge < -0.3 is 4.74 Å². The van der Waals surface area contributed by atoms with E-state index in [0.29, 0.717) is 0 Å². The molecule has 0 radical (unpaired) electrons. The topological polar surface area (TPSA) is 9.23 Å². The third-order valence-corrected chi connectivity index (χ3v) is 4.20. The van der Waals surface area contributed by atoms with Crippen LogP contribution in [0.5, 0.6) is 5.75 Å². The van der Waals surface area contributed by atoms with Gasteiger partial charge in [-0.15, -0.1) is 0 Å². The Morgan fingerprint density at radius 3 is 2.11 bits per heavy atom. The van der Waals surface area contributed by atoms with Gasteiger partial charge in [-0.3, -0.25) is 0 Å². The highest BCUT2D eigenvalue weighted by Gasteiger charge is 2.19. The van der Waals surface area contributed by atoms with Gasteiger partial charge in [-0.05, 0) is 56.6 Å². The molecule has 0 spiro atoms. The van der Waals surface area contributed by atoms with Crippen molar-refractivity contribution in [1.29, 1.82) is 0 Å². The van der Waals surface area contributed by atoms with E-state index in [-0.39, 0.29) is 0 Å². The summed E-state index contributed by atoms with van der Waals surface area (Å²) in [4.78, 5) is 0. The molecule has 0 aliphatic heterocycles. The van der Waals surface area contributed by atoms with Gasteiger partial charge in [0.25, 0.3) is 0 Å². The summed E-state index contributed by atoms with van der Waals surface area (Å²) in [6, 6.07) is 4.43. The van der Waals surface area contributed by atoms with E-state index in [2.05, 4.69) is 39.8 Å². The molecule has 1 nitrogen and oxygen atoms in total. The van der Waals surface area contributed by atoms with E-state index >= 15 is 0 Å². The second-order valence-corrected chi connectivity index (χ2v) is 6.16. The van der Waals surface area contributed by atoms with Crippen LogP contribution in [0.3, 0.4) is 0 Å². The molecule has 18 heavy (non-hydrogen) atoms. The molecule has 2 rings (SSSR count). The SMILES string of the molecule is Cc1cc(C)c(OCC2CCC(C)CC2)c(C)c1. The Balaban J connectivity index is 1.94. The number of benzene rings is 1. The lowest BCUT2D eigenvalue weighted by atomic mass is 9.83. The molecule has 0 N–H and O–H groups in total. The monoisotopic (exact) mass is 246 g/mol. The first kappa shape index (κ1) is 13.5. The molecule has 1 heteroatoms.